The normalized spacial score (nSPS) is 10.6. The van der Waals surface area contributed by atoms with Gasteiger partial charge in [0.2, 0.25) is 5.91 Å². The van der Waals surface area contributed by atoms with Crippen molar-refractivity contribution < 1.29 is 14.7 Å². The van der Waals surface area contributed by atoms with Gasteiger partial charge in [-0.05, 0) is 24.3 Å². The van der Waals surface area contributed by atoms with E-state index in [1.807, 2.05) is 0 Å². The fourth-order valence-electron chi connectivity index (χ4n) is 2.61. The van der Waals surface area contributed by atoms with Crippen LogP contribution >= 0.6 is 23.2 Å². The number of aromatic nitrogens is 4. The number of carbonyl (C=O) groups excluding carboxylic acids is 1. The van der Waals surface area contributed by atoms with E-state index in [1.165, 1.54) is 0 Å². The minimum absolute atomic E-state index is 0.0865. The Morgan fingerprint density at radius 1 is 0.929 bits per heavy atom. The molecule has 0 bridgehead atoms. The van der Waals surface area contributed by atoms with E-state index in [0.717, 1.165) is 11.0 Å². The average Bonchev–Trinajstić information content (AvgIpc) is 3.19. The molecule has 0 fully saturated rings. The van der Waals surface area contributed by atoms with Crippen LogP contribution in [0.4, 0.5) is 0 Å². The van der Waals surface area contributed by atoms with Gasteiger partial charge in [0, 0.05) is 22.4 Å². The zero-order chi connectivity index (χ0) is 20.3. The van der Waals surface area contributed by atoms with Gasteiger partial charge in [-0.25, -0.2) is 9.97 Å². The first kappa shape index (κ1) is 19.7. The second-order valence-electron chi connectivity index (χ2n) is 5.87. The lowest BCUT2D eigenvalue weighted by Gasteiger charge is -1.96. The number of imidazole rings is 2. The highest BCUT2D eigenvalue weighted by Crippen LogP contribution is 2.16. The lowest BCUT2D eigenvalue weighted by atomic mass is 10.2. The number of aliphatic carboxylic acids is 1. The Morgan fingerprint density at radius 3 is 1.82 bits per heavy atom. The lowest BCUT2D eigenvalue weighted by Crippen LogP contribution is -2.14. The van der Waals surface area contributed by atoms with Crippen LogP contribution in [0.5, 0.6) is 0 Å². The molecule has 0 radical (unpaired) electrons. The van der Waals surface area contributed by atoms with E-state index in [0.29, 0.717) is 21.4 Å². The van der Waals surface area contributed by atoms with E-state index in [1.54, 1.807) is 58.1 Å². The molecule has 0 aliphatic rings. The van der Waals surface area contributed by atoms with Crippen molar-refractivity contribution >= 4 is 46.1 Å². The predicted octanol–water partition coefficient (Wildman–Crippen LogP) is 2.63. The van der Waals surface area contributed by atoms with Crippen LogP contribution in [0, 0.1) is 0 Å². The van der Waals surface area contributed by atoms with Gasteiger partial charge in [-0.1, -0.05) is 23.2 Å². The molecule has 0 saturated carbocycles. The number of hydrogen-bond donors (Lipinski definition) is 2. The average molecular weight is 420 g/mol. The van der Waals surface area contributed by atoms with Crippen LogP contribution in [-0.2, 0) is 22.4 Å². The van der Waals surface area contributed by atoms with Gasteiger partial charge in [-0.3, -0.25) is 9.59 Å². The molecule has 10 heteroatoms. The van der Waals surface area contributed by atoms with Crippen LogP contribution in [0.25, 0.3) is 11.0 Å². The Balaban J connectivity index is 0.000000161. The Kier molecular flexibility index (Phi) is 5.81. The largest absolute Gasteiger partial charge is 0.481 e. The Morgan fingerprint density at radius 2 is 1.39 bits per heavy atom. The van der Waals surface area contributed by atoms with E-state index < -0.39 is 11.9 Å². The van der Waals surface area contributed by atoms with Gasteiger partial charge in [0.25, 0.3) is 0 Å². The smallest absolute Gasteiger partial charge is 0.309 e. The van der Waals surface area contributed by atoms with Crippen molar-refractivity contribution in [2.45, 2.75) is 12.8 Å². The molecule has 4 aromatic heterocycles. The van der Waals surface area contributed by atoms with Crippen molar-refractivity contribution in [1.82, 2.24) is 18.8 Å². The first-order chi connectivity index (χ1) is 13.3. The van der Waals surface area contributed by atoms with Gasteiger partial charge < -0.3 is 19.6 Å². The highest BCUT2D eigenvalue weighted by molar-refractivity contribution is 6.31. The third-order valence-electron chi connectivity index (χ3n) is 3.82. The summed E-state index contributed by atoms with van der Waals surface area (Å²) in [6, 6.07) is 6.94. The highest BCUT2D eigenvalue weighted by atomic mass is 35.5. The van der Waals surface area contributed by atoms with Crippen molar-refractivity contribution in [3.63, 3.8) is 0 Å². The second-order valence-corrected chi connectivity index (χ2v) is 6.74. The van der Waals surface area contributed by atoms with E-state index in [2.05, 4.69) is 9.97 Å². The topological polar surface area (TPSA) is 115 Å². The summed E-state index contributed by atoms with van der Waals surface area (Å²) in [7, 11) is 0. The maximum absolute atomic E-state index is 10.7. The van der Waals surface area contributed by atoms with E-state index in [-0.39, 0.29) is 12.8 Å². The molecule has 0 aromatic carbocycles. The molecule has 0 aliphatic carbocycles. The molecule has 144 valence electrons. The summed E-state index contributed by atoms with van der Waals surface area (Å²) in [5, 5.41) is 9.82. The molecule has 4 aromatic rings. The first-order valence-corrected chi connectivity index (χ1v) is 8.81. The zero-order valence-electron chi connectivity index (χ0n) is 14.4. The molecule has 0 saturated heterocycles. The minimum Gasteiger partial charge on any atom is -0.481 e. The predicted molar refractivity (Wildman–Crippen MR) is 105 cm³/mol. The van der Waals surface area contributed by atoms with Crippen LogP contribution in [0.3, 0.4) is 0 Å². The number of primary amides is 1. The van der Waals surface area contributed by atoms with Crippen molar-refractivity contribution in [3.05, 3.63) is 70.7 Å². The molecule has 0 atom stereocenters. The molecule has 3 N–H and O–H groups in total. The Hall–Kier alpha value is -3.10. The number of carboxylic acid groups (broad SMARTS) is 1. The second kappa shape index (κ2) is 8.28. The summed E-state index contributed by atoms with van der Waals surface area (Å²) in [5.41, 5.74) is 7.82. The summed E-state index contributed by atoms with van der Waals surface area (Å²) in [4.78, 5) is 29.3. The maximum Gasteiger partial charge on any atom is 0.309 e. The number of hydrogen-bond acceptors (Lipinski definition) is 4. The number of rotatable bonds is 4. The van der Waals surface area contributed by atoms with Crippen LogP contribution in [0.2, 0.25) is 10.0 Å². The lowest BCUT2D eigenvalue weighted by molar-refractivity contribution is -0.136. The molecular weight excluding hydrogens is 405 g/mol. The van der Waals surface area contributed by atoms with Gasteiger partial charge in [-0.15, -0.1) is 0 Å². The van der Waals surface area contributed by atoms with E-state index in [4.69, 9.17) is 34.0 Å². The molecule has 28 heavy (non-hydrogen) atoms. The third kappa shape index (κ3) is 4.59. The number of carboxylic acids is 1. The molecule has 1 amide bonds. The molecular formula is C18H15Cl2N5O3. The molecule has 4 heterocycles. The van der Waals surface area contributed by atoms with Gasteiger partial charge in [0.15, 0.2) is 0 Å². The van der Waals surface area contributed by atoms with Crippen molar-refractivity contribution in [3.8, 4) is 0 Å². The van der Waals surface area contributed by atoms with Crippen molar-refractivity contribution in [1.29, 1.82) is 0 Å². The number of halogens is 2. The standard InChI is InChI=1S/C9H8ClN3O.C9H7ClN2O2/c10-6-1-2-13-5-12-7(4-9(11)14)8(13)3-6;10-6-1-2-12-5-11-7(4-9(13)14)8(12)3-6/h1-3,5H,4H2,(H2,11,14);1-3,5H,4H2,(H,13,14). The third-order valence-corrected chi connectivity index (χ3v) is 4.29. The molecule has 0 aliphatic heterocycles. The summed E-state index contributed by atoms with van der Waals surface area (Å²) in [5.74, 6) is -1.30. The quantitative estimate of drug-likeness (QED) is 0.527. The summed E-state index contributed by atoms with van der Waals surface area (Å²) in [6.07, 6.45) is 6.78. The SMILES string of the molecule is NC(=O)Cc1ncn2ccc(Cl)cc12.O=C(O)Cc1ncn2ccc(Cl)cc12. The van der Waals surface area contributed by atoms with Gasteiger partial charge in [0.1, 0.15) is 0 Å². The number of pyridine rings is 2. The Labute approximate surface area is 169 Å². The monoisotopic (exact) mass is 419 g/mol. The number of nitrogens with two attached hydrogens (primary N) is 1. The fraction of sp³-hybridized carbons (Fsp3) is 0.111. The number of carbonyl (C=O) groups is 2. The van der Waals surface area contributed by atoms with Crippen LogP contribution in [0.1, 0.15) is 11.4 Å². The molecule has 0 spiro atoms. The van der Waals surface area contributed by atoms with Crippen molar-refractivity contribution in [2.75, 3.05) is 0 Å². The summed E-state index contributed by atoms with van der Waals surface area (Å²) >= 11 is 11.6. The van der Waals surface area contributed by atoms with Gasteiger partial charge in [-0.2, -0.15) is 0 Å². The number of amides is 1. The molecule has 0 unspecified atom stereocenters. The van der Waals surface area contributed by atoms with Crippen LogP contribution < -0.4 is 5.73 Å². The summed E-state index contributed by atoms with van der Waals surface area (Å²) < 4.78 is 3.54. The van der Waals surface area contributed by atoms with Gasteiger partial charge in [0.05, 0.1) is 47.9 Å². The van der Waals surface area contributed by atoms with E-state index >= 15 is 0 Å². The Bertz CT molecular complexity index is 1080. The number of nitrogens with zero attached hydrogens (tertiary/aromatic N) is 4. The highest BCUT2D eigenvalue weighted by Gasteiger charge is 2.08. The molecule has 4 rings (SSSR count). The maximum atomic E-state index is 10.7. The van der Waals surface area contributed by atoms with Crippen molar-refractivity contribution in [2.24, 2.45) is 5.73 Å². The van der Waals surface area contributed by atoms with E-state index in [9.17, 15) is 9.59 Å². The fourth-order valence-corrected chi connectivity index (χ4v) is 2.93. The first-order valence-electron chi connectivity index (χ1n) is 8.06. The van der Waals surface area contributed by atoms with Crippen LogP contribution in [0.15, 0.2) is 49.3 Å². The zero-order valence-corrected chi connectivity index (χ0v) is 15.9. The van der Waals surface area contributed by atoms with Crippen LogP contribution in [-0.4, -0.2) is 35.8 Å². The molecule has 8 nitrogen and oxygen atoms in total. The summed E-state index contributed by atoms with van der Waals surface area (Å²) in [6.45, 7) is 0. The minimum atomic E-state index is -0.898. The number of fused-ring (bicyclic) bond motifs is 2. The van der Waals surface area contributed by atoms with Gasteiger partial charge >= 0.3 is 5.97 Å².